The Kier molecular flexibility index (Phi) is 4.02. The highest BCUT2D eigenvalue weighted by atomic mass is 16.1. The third kappa shape index (κ3) is 2.91. The maximum absolute atomic E-state index is 11.3. The molecule has 1 aromatic carbocycles. The fraction of sp³-hybridized carbons (Fsp3) is 0.533. The van der Waals surface area contributed by atoms with Gasteiger partial charge >= 0.3 is 0 Å². The first-order valence-corrected chi connectivity index (χ1v) is 6.70. The molecular weight excluding hydrogens is 224 g/mol. The summed E-state index contributed by atoms with van der Waals surface area (Å²) < 4.78 is 0. The third-order valence-electron chi connectivity index (χ3n) is 3.48. The minimum atomic E-state index is 0.127. The van der Waals surface area contributed by atoms with E-state index in [2.05, 4.69) is 36.6 Å². The Morgan fingerprint density at radius 3 is 2.78 bits per heavy atom. The van der Waals surface area contributed by atoms with E-state index >= 15 is 0 Å². The van der Waals surface area contributed by atoms with Crippen LogP contribution in [-0.4, -0.2) is 13.0 Å². The smallest absolute Gasteiger partial charge is 0.224 e. The predicted octanol–water partition coefficient (Wildman–Crippen LogP) is 2.88. The van der Waals surface area contributed by atoms with Gasteiger partial charge in [-0.15, -0.1) is 0 Å². The monoisotopic (exact) mass is 246 g/mol. The van der Waals surface area contributed by atoms with E-state index in [1.807, 2.05) is 13.1 Å². The van der Waals surface area contributed by atoms with E-state index in [0.29, 0.717) is 18.4 Å². The number of amides is 1. The van der Waals surface area contributed by atoms with Crippen molar-refractivity contribution in [2.45, 2.75) is 39.2 Å². The second kappa shape index (κ2) is 5.53. The molecule has 2 N–H and O–H groups in total. The fourth-order valence-electron chi connectivity index (χ4n) is 2.51. The number of rotatable bonds is 4. The number of fused-ring (bicyclic) bond motifs is 1. The average Bonchev–Trinajstić information content (AvgIpc) is 2.35. The van der Waals surface area contributed by atoms with Crippen molar-refractivity contribution in [3.05, 3.63) is 29.3 Å². The summed E-state index contributed by atoms with van der Waals surface area (Å²) in [5.41, 5.74) is 3.56. The third-order valence-corrected chi connectivity index (χ3v) is 3.48. The van der Waals surface area contributed by atoms with Crippen LogP contribution in [0.15, 0.2) is 18.2 Å². The lowest BCUT2D eigenvalue weighted by Crippen LogP contribution is -2.21. The zero-order chi connectivity index (χ0) is 13.1. The van der Waals surface area contributed by atoms with Crippen molar-refractivity contribution in [2.24, 2.45) is 5.92 Å². The molecular formula is C15H22N2O. The lowest BCUT2D eigenvalue weighted by molar-refractivity contribution is -0.116. The maximum Gasteiger partial charge on any atom is 0.224 e. The second-order valence-electron chi connectivity index (χ2n) is 5.44. The van der Waals surface area contributed by atoms with E-state index in [-0.39, 0.29) is 5.91 Å². The topological polar surface area (TPSA) is 41.1 Å². The highest BCUT2D eigenvalue weighted by Crippen LogP contribution is 2.28. The molecule has 1 atom stereocenters. The number of aryl methyl sites for hydroxylation is 1. The van der Waals surface area contributed by atoms with Gasteiger partial charge in [-0.1, -0.05) is 26.0 Å². The number of carbonyl (C=O) groups excluding carboxylic acids is 1. The van der Waals surface area contributed by atoms with Crippen LogP contribution < -0.4 is 10.6 Å². The van der Waals surface area contributed by atoms with Crippen LogP contribution in [0.25, 0.3) is 0 Å². The number of hydrogen-bond acceptors (Lipinski definition) is 2. The molecule has 0 bridgehead atoms. The van der Waals surface area contributed by atoms with Crippen LogP contribution in [0.3, 0.4) is 0 Å². The van der Waals surface area contributed by atoms with Gasteiger partial charge in [0.05, 0.1) is 0 Å². The summed E-state index contributed by atoms with van der Waals surface area (Å²) in [6, 6.07) is 6.78. The molecule has 1 aromatic rings. The van der Waals surface area contributed by atoms with Crippen molar-refractivity contribution >= 4 is 11.6 Å². The van der Waals surface area contributed by atoms with E-state index in [4.69, 9.17) is 0 Å². The van der Waals surface area contributed by atoms with Crippen molar-refractivity contribution in [1.29, 1.82) is 0 Å². The van der Waals surface area contributed by atoms with Gasteiger partial charge in [-0.05, 0) is 43.0 Å². The SMILES string of the molecule is CNC(CC(C)C)c1ccc2c(c1)CCC(=O)N2. The first-order valence-electron chi connectivity index (χ1n) is 6.70. The molecule has 0 aliphatic carbocycles. The Bertz CT molecular complexity index is 440. The summed E-state index contributed by atoms with van der Waals surface area (Å²) in [7, 11) is 2.01. The van der Waals surface area contributed by atoms with Gasteiger partial charge < -0.3 is 10.6 Å². The van der Waals surface area contributed by atoms with Crippen LogP contribution in [0.1, 0.15) is 43.9 Å². The van der Waals surface area contributed by atoms with Crippen LogP contribution in [0.5, 0.6) is 0 Å². The second-order valence-corrected chi connectivity index (χ2v) is 5.44. The van der Waals surface area contributed by atoms with Gasteiger partial charge in [-0.3, -0.25) is 4.79 Å². The normalized spacial score (nSPS) is 16.3. The standard InChI is InChI=1S/C15H22N2O/c1-10(2)8-14(16-3)12-4-6-13-11(9-12)5-7-15(18)17-13/h4,6,9-10,14,16H,5,7-8H2,1-3H3,(H,17,18). The molecule has 18 heavy (non-hydrogen) atoms. The summed E-state index contributed by atoms with van der Waals surface area (Å²) in [5, 5.41) is 6.30. The first kappa shape index (κ1) is 13.1. The Morgan fingerprint density at radius 1 is 1.33 bits per heavy atom. The molecule has 1 aliphatic rings. The zero-order valence-corrected chi connectivity index (χ0v) is 11.4. The van der Waals surface area contributed by atoms with E-state index in [1.165, 1.54) is 11.1 Å². The maximum atomic E-state index is 11.3. The van der Waals surface area contributed by atoms with Crippen LogP contribution in [0.2, 0.25) is 0 Å². The van der Waals surface area contributed by atoms with E-state index in [0.717, 1.165) is 18.5 Å². The molecule has 2 rings (SSSR count). The summed E-state index contributed by atoms with van der Waals surface area (Å²) in [6.07, 6.45) is 2.58. The molecule has 0 saturated carbocycles. The number of nitrogens with one attached hydrogen (secondary N) is 2. The molecule has 0 radical (unpaired) electrons. The Balaban J connectivity index is 2.22. The average molecular weight is 246 g/mol. The minimum Gasteiger partial charge on any atom is -0.326 e. The molecule has 0 aromatic heterocycles. The number of anilines is 1. The van der Waals surface area contributed by atoms with Gasteiger partial charge in [0, 0.05) is 18.2 Å². The first-order chi connectivity index (χ1) is 8.60. The van der Waals surface area contributed by atoms with Crippen molar-refractivity contribution in [2.75, 3.05) is 12.4 Å². The van der Waals surface area contributed by atoms with Crippen molar-refractivity contribution in [1.82, 2.24) is 5.32 Å². The van der Waals surface area contributed by atoms with Crippen molar-refractivity contribution in [3.63, 3.8) is 0 Å². The van der Waals surface area contributed by atoms with Crippen LogP contribution in [0.4, 0.5) is 5.69 Å². The lowest BCUT2D eigenvalue weighted by Gasteiger charge is -2.22. The zero-order valence-electron chi connectivity index (χ0n) is 11.4. The summed E-state index contributed by atoms with van der Waals surface area (Å²) >= 11 is 0. The molecule has 1 aliphatic heterocycles. The van der Waals surface area contributed by atoms with Crippen LogP contribution >= 0.6 is 0 Å². The molecule has 0 fully saturated rings. The van der Waals surface area contributed by atoms with Crippen molar-refractivity contribution in [3.8, 4) is 0 Å². The Labute approximate surface area is 109 Å². The Morgan fingerprint density at radius 2 is 2.11 bits per heavy atom. The van der Waals surface area contributed by atoms with Gasteiger partial charge in [0.25, 0.3) is 0 Å². The summed E-state index contributed by atoms with van der Waals surface area (Å²) in [4.78, 5) is 11.3. The molecule has 0 spiro atoms. The van der Waals surface area contributed by atoms with Gasteiger partial charge in [0.15, 0.2) is 0 Å². The number of carbonyl (C=O) groups is 1. The quantitative estimate of drug-likeness (QED) is 0.857. The molecule has 3 heteroatoms. The Hall–Kier alpha value is -1.35. The van der Waals surface area contributed by atoms with Gasteiger partial charge in [-0.2, -0.15) is 0 Å². The fourth-order valence-corrected chi connectivity index (χ4v) is 2.51. The van der Waals surface area contributed by atoms with E-state index < -0.39 is 0 Å². The number of hydrogen-bond donors (Lipinski definition) is 2. The molecule has 98 valence electrons. The number of benzene rings is 1. The minimum absolute atomic E-state index is 0.127. The van der Waals surface area contributed by atoms with Crippen LogP contribution in [0, 0.1) is 5.92 Å². The molecule has 0 saturated heterocycles. The van der Waals surface area contributed by atoms with E-state index in [9.17, 15) is 4.79 Å². The van der Waals surface area contributed by atoms with Gasteiger partial charge in [0.2, 0.25) is 5.91 Å². The predicted molar refractivity (Wildman–Crippen MR) is 74.6 cm³/mol. The van der Waals surface area contributed by atoms with Gasteiger partial charge in [0.1, 0.15) is 0 Å². The molecule has 1 unspecified atom stereocenters. The van der Waals surface area contributed by atoms with Gasteiger partial charge in [-0.25, -0.2) is 0 Å². The van der Waals surface area contributed by atoms with Crippen molar-refractivity contribution < 1.29 is 4.79 Å². The van der Waals surface area contributed by atoms with Crippen LogP contribution in [-0.2, 0) is 11.2 Å². The molecule has 1 amide bonds. The molecule has 1 heterocycles. The lowest BCUT2D eigenvalue weighted by atomic mass is 9.93. The highest BCUT2D eigenvalue weighted by Gasteiger charge is 2.17. The van der Waals surface area contributed by atoms with E-state index in [1.54, 1.807) is 0 Å². The molecule has 3 nitrogen and oxygen atoms in total. The largest absolute Gasteiger partial charge is 0.326 e. The highest BCUT2D eigenvalue weighted by molar-refractivity contribution is 5.93. The summed E-state index contributed by atoms with van der Waals surface area (Å²) in [5.74, 6) is 0.792. The summed E-state index contributed by atoms with van der Waals surface area (Å²) in [6.45, 7) is 4.48.